The largest absolute Gasteiger partial charge is 0.345 e. The highest BCUT2D eigenvalue weighted by Gasteiger charge is 2.88. The van der Waals surface area contributed by atoms with Gasteiger partial charge < -0.3 is 10.2 Å². The van der Waals surface area contributed by atoms with Crippen molar-refractivity contribution in [2.45, 2.75) is 76.4 Å². The number of rotatable bonds is 4. The average molecular weight is 443 g/mol. The van der Waals surface area contributed by atoms with E-state index in [4.69, 9.17) is 4.99 Å². The van der Waals surface area contributed by atoms with Crippen LogP contribution in [0.5, 0.6) is 0 Å². The summed E-state index contributed by atoms with van der Waals surface area (Å²) in [6.45, 7) is 4.83. The molecule has 2 amide bonds. The Morgan fingerprint density at radius 3 is 2.91 bits per heavy atom. The van der Waals surface area contributed by atoms with Crippen LogP contribution in [0.1, 0.15) is 74.7 Å². The molecule has 2 aliphatic heterocycles. The van der Waals surface area contributed by atoms with Crippen LogP contribution >= 0.6 is 0 Å². The molecule has 4 fully saturated rings. The van der Waals surface area contributed by atoms with E-state index < -0.39 is 0 Å². The van der Waals surface area contributed by atoms with Crippen molar-refractivity contribution in [3.05, 3.63) is 53.0 Å². The van der Waals surface area contributed by atoms with Gasteiger partial charge >= 0.3 is 0 Å². The molecule has 0 aromatic carbocycles. The molecule has 6 nitrogen and oxygen atoms in total. The predicted octanol–water partition coefficient (Wildman–Crippen LogP) is 3.94. The lowest BCUT2D eigenvalue weighted by molar-refractivity contribution is -0.261. The van der Waals surface area contributed by atoms with Crippen LogP contribution in [-0.2, 0) is 11.3 Å². The van der Waals surface area contributed by atoms with E-state index in [1.54, 1.807) is 12.4 Å². The lowest BCUT2D eigenvalue weighted by atomic mass is 9.31. The molecule has 1 N–H and O–H groups in total. The maximum Gasteiger partial charge on any atom is 0.270 e. The highest BCUT2D eigenvalue weighted by molar-refractivity contribution is 6.43. The van der Waals surface area contributed by atoms with E-state index in [1.807, 2.05) is 19.1 Å². The second kappa shape index (κ2) is 6.22. The third kappa shape index (κ3) is 2.16. The fourth-order valence-corrected chi connectivity index (χ4v) is 9.02. The van der Waals surface area contributed by atoms with Crippen molar-refractivity contribution in [1.29, 1.82) is 0 Å². The summed E-state index contributed by atoms with van der Waals surface area (Å²) in [4.78, 5) is 38.0. The second-order valence-corrected chi connectivity index (χ2v) is 11.2. The summed E-state index contributed by atoms with van der Waals surface area (Å²) in [5.41, 5.74) is 4.34. The maximum absolute atomic E-state index is 13.5. The summed E-state index contributed by atoms with van der Waals surface area (Å²) in [5.74, 6) is 1.27. The molecular weight excluding hydrogens is 412 g/mol. The topological polar surface area (TPSA) is 74.7 Å². The number of carbonyl (C=O) groups is 2. The van der Waals surface area contributed by atoms with Crippen molar-refractivity contribution in [3.63, 3.8) is 0 Å². The van der Waals surface area contributed by atoms with Gasteiger partial charge in [0.1, 0.15) is 5.71 Å². The van der Waals surface area contributed by atoms with Crippen LogP contribution in [-0.4, -0.2) is 38.5 Å². The van der Waals surface area contributed by atoms with Crippen molar-refractivity contribution in [2.24, 2.45) is 22.2 Å². The van der Waals surface area contributed by atoms with E-state index in [2.05, 4.69) is 28.2 Å². The van der Waals surface area contributed by atoms with Crippen LogP contribution in [0.2, 0.25) is 0 Å². The van der Waals surface area contributed by atoms with Gasteiger partial charge in [-0.2, -0.15) is 0 Å². The molecule has 0 radical (unpaired) electrons. The fourth-order valence-electron chi connectivity index (χ4n) is 9.02. The first-order valence-electron chi connectivity index (χ1n) is 12.4. The molecule has 170 valence electrons. The summed E-state index contributed by atoms with van der Waals surface area (Å²) in [5, 5.41) is 3.52. The number of hydrogen-bond acceptors (Lipinski definition) is 4. The average Bonchev–Trinajstić information content (AvgIpc) is 3.32. The van der Waals surface area contributed by atoms with E-state index in [0.29, 0.717) is 24.1 Å². The minimum atomic E-state index is -0.197. The van der Waals surface area contributed by atoms with Crippen molar-refractivity contribution in [2.75, 3.05) is 0 Å². The third-order valence-corrected chi connectivity index (χ3v) is 10.1. The Labute approximate surface area is 194 Å². The highest BCUT2D eigenvalue weighted by atomic mass is 16.2. The monoisotopic (exact) mass is 442 g/mol. The smallest absolute Gasteiger partial charge is 0.270 e. The molecule has 7 rings (SSSR count). The van der Waals surface area contributed by atoms with Crippen LogP contribution in [0, 0.1) is 17.3 Å². The van der Waals surface area contributed by atoms with Gasteiger partial charge in [-0.15, -0.1) is 0 Å². The van der Waals surface area contributed by atoms with Gasteiger partial charge in [-0.1, -0.05) is 13.0 Å². The van der Waals surface area contributed by atoms with Crippen molar-refractivity contribution >= 4 is 17.5 Å². The number of hydrogen-bond donors (Lipinski definition) is 1. The third-order valence-electron chi connectivity index (χ3n) is 10.1. The molecule has 5 atom stereocenters. The molecule has 6 aliphatic rings. The number of nitrogens with one attached hydrogen (secondary N) is 1. The zero-order valence-electron chi connectivity index (χ0n) is 19.4. The van der Waals surface area contributed by atoms with Gasteiger partial charge in [-0.25, -0.2) is 4.99 Å². The molecule has 33 heavy (non-hydrogen) atoms. The quantitative estimate of drug-likeness (QED) is 0.768. The normalized spacial score (nSPS) is 39.5. The maximum atomic E-state index is 13.5. The first-order chi connectivity index (χ1) is 15.9. The summed E-state index contributed by atoms with van der Waals surface area (Å²) in [6, 6.07) is 1.98. The minimum absolute atomic E-state index is 0.0277. The van der Waals surface area contributed by atoms with Gasteiger partial charge in [0.05, 0.1) is 11.1 Å². The van der Waals surface area contributed by atoms with Gasteiger partial charge in [0.2, 0.25) is 0 Å². The predicted molar refractivity (Wildman–Crippen MR) is 124 cm³/mol. The molecule has 1 aromatic heterocycles. The Morgan fingerprint density at radius 1 is 1.24 bits per heavy atom. The molecule has 4 aliphatic carbocycles. The zero-order chi connectivity index (χ0) is 22.6. The number of aromatic nitrogens is 1. The van der Waals surface area contributed by atoms with E-state index >= 15 is 0 Å². The minimum Gasteiger partial charge on any atom is -0.345 e. The standard InChI is InChI=1S/C27H30N4O2/c1-3-18-5-4-6-22(29-16(18)2)23(32)30-25-9-17-10-26(13-20(12-25)27(25,26)11-17)31-15-19-7-8-28-14-21(19)24(31)33/h4,6-8,14,17,20H,3,5,9-13,15H2,1-2H3,(H,30,32). The Bertz CT molecular complexity index is 1210. The summed E-state index contributed by atoms with van der Waals surface area (Å²) in [7, 11) is 0. The van der Waals surface area contributed by atoms with Crippen LogP contribution in [0.25, 0.3) is 0 Å². The van der Waals surface area contributed by atoms with E-state index in [0.717, 1.165) is 61.8 Å². The second-order valence-electron chi connectivity index (χ2n) is 11.2. The Kier molecular flexibility index (Phi) is 3.71. The summed E-state index contributed by atoms with van der Waals surface area (Å²) >= 11 is 0. The number of nitrogens with zero attached hydrogens (tertiary/aromatic N) is 3. The number of fused-ring (bicyclic) bond motifs is 2. The Hall–Kier alpha value is -2.76. The molecular formula is C27H30N4O2. The van der Waals surface area contributed by atoms with E-state index in [-0.39, 0.29) is 28.3 Å². The van der Waals surface area contributed by atoms with E-state index in [9.17, 15) is 9.59 Å². The highest BCUT2D eigenvalue weighted by Crippen LogP contribution is 2.85. The van der Waals surface area contributed by atoms with Gasteiger partial charge in [-0.05, 0) is 87.0 Å². The van der Waals surface area contributed by atoms with Crippen LogP contribution in [0.15, 0.2) is 46.9 Å². The van der Waals surface area contributed by atoms with Gasteiger partial charge in [0, 0.05) is 35.6 Å². The molecule has 1 spiro atoms. The number of carbonyl (C=O) groups excluding carboxylic acids is 2. The molecule has 2 bridgehead atoms. The van der Waals surface area contributed by atoms with Crippen LogP contribution in [0.3, 0.4) is 0 Å². The molecule has 3 heterocycles. The molecule has 5 unspecified atom stereocenters. The molecule has 6 heteroatoms. The van der Waals surface area contributed by atoms with Crippen LogP contribution < -0.4 is 5.32 Å². The number of amides is 2. The van der Waals surface area contributed by atoms with Gasteiger partial charge in [0.15, 0.2) is 0 Å². The van der Waals surface area contributed by atoms with Gasteiger partial charge in [-0.3, -0.25) is 14.6 Å². The SMILES string of the molecule is CCC1=C(C)N=C(C(=O)NC23CC4CC5(N6Cc7ccncc7C6=O)CC(C2)C35C4)C=CC1. The summed E-state index contributed by atoms with van der Waals surface area (Å²) in [6.07, 6.45) is 14.7. The number of pyridine rings is 1. The first-order valence-corrected chi connectivity index (χ1v) is 12.4. The number of aliphatic imine (C=N–C) groups is 1. The Balaban J connectivity index is 1.21. The van der Waals surface area contributed by atoms with Crippen molar-refractivity contribution < 1.29 is 9.59 Å². The molecule has 1 aromatic rings. The molecule has 0 saturated heterocycles. The van der Waals surface area contributed by atoms with Crippen molar-refractivity contribution in [3.8, 4) is 0 Å². The van der Waals surface area contributed by atoms with E-state index in [1.165, 1.54) is 5.57 Å². The molecule has 4 saturated carbocycles. The lowest BCUT2D eigenvalue weighted by Gasteiger charge is -2.79. The zero-order valence-corrected chi connectivity index (χ0v) is 19.4. The summed E-state index contributed by atoms with van der Waals surface area (Å²) < 4.78 is 0. The van der Waals surface area contributed by atoms with Crippen LogP contribution in [0.4, 0.5) is 0 Å². The van der Waals surface area contributed by atoms with Crippen molar-refractivity contribution in [1.82, 2.24) is 15.2 Å². The first kappa shape index (κ1) is 19.7. The lowest BCUT2D eigenvalue weighted by Crippen LogP contribution is -2.87. The Morgan fingerprint density at radius 2 is 2.12 bits per heavy atom. The number of allylic oxidation sites excluding steroid dienone is 3. The fraction of sp³-hybridized carbons (Fsp3) is 0.556. The van der Waals surface area contributed by atoms with Gasteiger partial charge in [0.25, 0.3) is 11.8 Å².